The van der Waals surface area contributed by atoms with E-state index in [0.29, 0.717) is 17.1 Å². The van der Waals surface area contributed by atoms with Crippen molar-refractivity contribution in [1.82, 2.24) is 5.32 Å². The van der Waals surface area contributed by atoms with Gasteiger partial charge < -0.3 is 23.9 Å². The second-order valence-corrected chi connectivity index (χ2v) is 7.64. The molecule has 3 aromatic carbocycles. The lowest BCUT2D eigenvalue weighted by Crippen LogP contribution is -2.35. The number of hydrogen-bond donors (Lipinski definition) is 1. The predicted octanol–water partition coefficient (Wildman–Crippen LogP) is 4.11. The molecule has 32 heavy (non-hydrogen) atoms. The topological polar surface area (TPSA) is 87.0 Å². The normalized spacial score (nSPS) is 13.3. The molecule has 1 N–H and O–H groups in total. The largest absolute Gasteiger partial charge is 0.464 e. The van der Waals surface area contributed by atoms with E-state index in [1.165, 1.54) is 0 Å². The highest BCUT2D eigenvalue weighted by Gasteiger charge is 2.20. The Hall–Kier alpha value is -4.00. The molecule has 7 nitrogen and oxygen atoms in total. The zero-order valence-corrected chi connectivity index (χ0v) is 17.4. The number of nitrogens with one attached hydrogen (secondary N) is 1. The van der Waals surface area contributed by atoms with Crippen molar-refractivity contribution in [3.05, 3.63) is 72.0 Å². The fourth-order valence-corrected chi connectivity index (χ4v) is 3.84. The molecule has 7 heteroatoms. The number of carbonyl (C=O) groups is 2. The molecule has 0 spiro atoms. The minimum absolute atomic E-state index is 0.0147. The molecule has 4 aromatic rings. The summed E-state index contributed by atoms with van der Waals surface area (Å²) in [7, 11) is 0. The summed E-state index contributed by atoms with van der Waals surface area (Å²) in [6, 6.07) is 17.2. The Kier molecular flexibility index (Phi) is 5.15. The molecule has 0 fully saturated rings. The maximum absolute atomic E-state index is 12.5. The number of fused-ring (bicyclic) bond motifs is 4. The third-order valence-electron chi connectivity index (χ3n) is 5.46. The highest BCUT2D eigenvalue weighted by molar-refractivity contribution is 6.08. The van der Waals surface area contributed by atoms with Crippen molar-refractivity contribution in [2.24, 2.45) is 0 Å². The van der Waals surface area contributed by atoms with Gasteiger partial charge >= 0.3 is 5.97 Å². The van der Waals surface area contributed by atoms with E-state index in [-0.39, 0.29) is 25.7 Å². The molecule has 0 bridgehead atoms. The molecule has 0 unspecified atom stereocenters. The summed E-state index contributed by atoms with van der Waals surface area (Å²) in [6.07, 6.45) is 0.662. The van der Waals surface area contributed by atoms with Crippen LogP contribution < -0.4 is 14.8 Å². The van der Waals surface area contributed by atoms with Crippen LogP contribution in [0.5, 0.6) is 11.5 Å². The van der Waals surface area contributed by atoms with E-state index < -0.39 is 12.1 Å². The van der Waals surface area contributed by atoms with E-state index in [9.17, 15) is 9.59 Å². The molecular weight excluding hydrogens is 410 g/mol. The first-order chi connectivity index (χ1) is 15.6. The molecule has 1 aliphatic heterocycles. The van der Waals surface area contributed by atoms with Crippen LogP contribution in [0.2, 0.25) is 0 Å². The van der Waals surface area contributed by atoms with Gasteiger partial charge in [0.25, 0.3) is 5.91 Å². The number of hydrogen-bond acceptors (Lipinski definition) is 6. The molecular formula is C25H21NO6. The summed E-state index contributed by atoms with van der Waals surface area (Å²) in [5.74, 6) is 0.461. The van der Waals surface area contributed by atoms with Gasteiger partial charge in [0.2, 0.25) is 6.79 Å². The summed E-state index contributed by atoms with van der Waals surface area (Å²) in [4.78, 5) is 24.9. The molecule has 2 heterocycles. The molecule has 1 aromatic heterocycles. The van der Waals surface area contributed by atoms with Gasteiger partial charge in [-0.2, -0.15) is 0 Å². The van der Waals surface area contributed by atoms with Gasteiger partial charge in [-0.3, -0.25) is 9.59 Å². The minimum atomic E-state index is -0.925. The lowest BCUT2D eigenvalue weighted by atomic mass is 10.0. The van der Waals surface area contributed by atoms with E-state index in [0.717, 1.165) is 27.3 Å². The third kappa shape index (κ3) is 3.85. The van der Waals surface area contributed by atoms with E-state index in [2.05, 4.69) is 5.32 Å². The first-order valence-electron chi connectivity index (χ1n) is 10.3. The second-order valence-electron chi connectivity index (χ2n) is 7.64. The van der Waals surface area contributed by atoms with Crippen molar-refractivity contribution < 1.29 is 28.2 Å². The number of ether oxygens (including phenoxy) is 3. The van der Waals surface area contributed by atoms with Crippen LogP contribution in [0.1, 0.15) is 18.1 Å². The highest BCUT2D eigenvalue weighted by Crippen LogP contribution is 2.32. The SMILES string of the molecule is C[C@@H](OC(=O)Cc1coc2ccc3ccccc3c12)C(=O)NCc1ccc2c(c1)OCO2. The van der Waals surface area contributed by atoms with Crippen LogP contribution in [0.15, 0.2) is 65.3 Å². The molecule has 1 amide bonds. The van der Waals surface area contributed by atoms with Gasteiger partial charge in [-0.1, -0.05) is 36.4 Å². The van der Waals surface area contributed by atoms with E-state index in [1.54, 1.807) is 19.3 Å². The quantitative estimate of drug-likeness (QED) is 0.463. The molecule has 0 radical (unpaired) electrons. The van der Waals surface area contributed by atoms with Crippen molar-refractivity contribution in [3.8, 4) is 11.5 Å². The van der Waals surface area contributed by atoms with E-state index in [4.69, 9.17) is 18.6 Å². The van der Waals surface area contributed by atoms with Crippen LogP contribution in [0, 0.1) is 0 Å². The van der Waals surface area contributed by atoms with Crippen molar-refractivity contribution in [2.75, 3.05) is 6.79 Å². The monoisotopic (exact) mass is 431 g/mol. The van der Waals surface area contributed by atoms with Crippen LogP contribution in [0.25, 0.3) is 21.7 Å². The lowest BCUT2D eigenvalue weighted by Gasteiger charge is -2.13. The maximum Gasteiger partial charge on any atom is 0.311 e. The fraction of sp³-hybridized carbons (Fsp3) is 0.200. The Morgan fingerprint density at radius 3 is 2.81 bits per heavy atom. The summed E-state index contributed by atoms with van der Waals surface area (Å²) in [5.41, 5.74) is 2.30. The predicted molar refractivity (Wildman–Crippen MR) is 117 cm³/mol. The van der Waals surface area contributed by atoms with Crippen molar-refractivity contribution in [3.63, 3.8) is 0 Å². The van der Waals surface area contributed by atoms with Crippen LogP contribution in [0.3, 0.4) is 0 Å². The molecule has 5 rings (SSSR count). The average Bonchev–Trinajstić information content (AvgIpc) is 3.44. The van der Waals surface area contributed by atoms with Crippen LogP contribution in [-0.4, -0.2) is 24.8 Å². The highest BCUT2D eigenvalue weighted by atomic mass is 16.7. The number of amides is 1. The Labute approximate surface area is 183 Å². The smallest absolute Gasteiger partial charge is 0.311 e. The lowest BCUT2D eigenvalue weighted by molar-refractivity contribution is -0.154. The Morgan fingerprint density at radius 2 is 1.91 bits per heavy atom. The molecule has 162 valence electrons. The Morgan fingerprint density at radius 1 is 1.06 bits per heavy atom. The number of esters is 1. The summed E-state index contributed by atoms with van der Waals surface area (Å²) in [5, 5.41) is 5.74. The number of furan rings is 1. The van der Waals surface area contributed by atoms with Crippen LogP contribution in [0.4, 0.5) is 0 Å². The number of carbonyl (C=O) groups excluding carboxylic acids is 2. The number of benzene rings is 3. The molecule has 0 aliphatic carbocycles. The first kappa shape index (κ1) is 19.9. The average molecular weight is 431 g/mol. The van der Waals surface area contributed by atoms with Gasteiger partial charge in [-0.15, -0.1) is 0 Å². The van der Waals surface area contributed by atoms with Gasteiger partial charge in [0.1, 0.15) is 5.58 Å². The van der Waals surface area contributed by atoms with Crippen molar-refractivity contribution in [2.45, 2.75) is 26.0 Å². The summed E-state index contributed by atoms with van der Waals surface area (Å²) in [6.45, 7) is 2.03. The number of rotatable bonds is 6. The molecule has 1 atom stereocenters. The van der Waals surface area contributed by atoms with Crippen molar-refractivity contribution in [1.29, 1.82) is 0 Å². The Bertz CT molecular complexity index is 1320. The van der Waals surface area contributed by atoms with Gasteiger partial charge in [-0.05, 0) is 41.5 Å². The molecule has 0 saturated carbocycles. The van der Waals surface area contributed by atoms with Crippen molar-refractivity contribution >= 4 is 33.6 Å². The van der Waals surface area contributed by atoms with Gasteiger partial charge in [0, 0.05) is 17.5 Å². The maximum atomic E-state index is 12.5. The van der Waals surface area contributed by atoms with Gasteiger partial charge in [-0.25, -0.2) is 0 Å². The zero-order valence-electron chi connectivity index (χ0n) is 17.4. The third-order valence-corrected chi connectivity index (χ3v) is 5.46. The molecule has 0 saturated heterocycles. The molecule has 1 aliphatic rings. The standard InChI is InChI=1S/C25H21NO6/c1-15(25(28)26-12-16-6-8-20-22(10-16)31-14-30-20)32-23(27)11-18-13-29-21-9-7-17-4-2-3-5-19(17)24(18)21/h2-10,13,15H,11-12,14H2,1H3,(H,26,28)/t15-/m1/s1. The van der Waals surface area contributed by atoms with E-state index in [1.807, 2.05) is 48.5 Å². The first-order valence-corrected chi connectivity index (χ1v) is 10.3. The zero-order chi connectivity index (χ0) is 22.1. The second kappa shape index (κ2) is 8.26. The minimum Gasteiger partial charge on any atom is -0.464 e. The van der Waals surface area contributed by atoms with Crippen LogP contribution >= 0.6 is 0 Å². The summed E-state index contributed by atoms with van der Waals surface area (Å²) >= 11 is 0. The summed E-state index contributed by atoms with van der Waals surface area (Å²) < 4.78 is 21.6. The van der Waals surface area contributed by atoms with Gasteiger partial charge in [0.15, 0.2) is 17.6 Å². The van der Waals surface area contributed by atoms with E-state index >= 15 is 0 Å². The fourth-order valence-electron chi connectivity index (χ4n) is 3.84. The van der Waals surface area contributed by atoms with Crippen LogP contribution in [-0.2, 0) is 27.3 Å². The Balaban J connectivity index is 1.21. The van der Waals surface area contributed by atoms with Gasteiger partial charge in [0.05, 0.1) is 12.7 Å².